The van der Waals surface area contributed by atoms with Crippen LogP contribution in [0.2, 0.25) is 0 Å². The molecule has 0 spiro atoms. The third-order valence-electron chi connectivity index (χ3n) is 8.03. The van der Waals surface area contributed by atoms with Crippen molar-refractivity contribution < 1.29 is 0 Å². The van der Waals surface area contributed by atoms with Crippen LogP contribution in [0.15, 0.2) is 12.1 Å². The minimum absolute atomic E-state index is 0.986. The zero-order chi connectivity index (χ0) is 26.7. The van der Waals surface area contributed by atoms with Gasteiger partial charge >= 0.3 is 0 Å². The van der Waals surface area contributed by atoms with Gasteiger partial charge in [0.1, 0.15) is 0 Å². The molecule has 1 heteroatoms. The second-order valence-corrected chi connectivity index (χ2v) is 11.8. The fourth-order valence-corrected chi connectivity index (χ4v) is 5.62. The number of pyridine rings is 1. The third-order valence-corrected chi connectivity index (χ3v) is 8.03. The highest BCUT2D eigenvalue weighted by Crippen LogP contribution is 2.17. The Morgan fingerprint density at radius 1 is 0.432 bits per heavy atom. The van der Waals surface area contributed by atoms with E-state index in [0.717, 1.165) is 25.7 Å². The lowest BCUT2D eigenvalue weighted by Crippen LogP contribution is -2.00. The molecular weight excluding hydrogens is 446 g/mol. The zero-order valence-electron chi connectivity index (χ0n) is 25.6. The Labute approximate surface area is 234 Å². The van der Waals surface area contributed by atoms with Crippen LogP contribution in [-0.2, 0) is 19.3 Å². The molecule has 0 saturated carbocycles. The van der Waals surface area contributed by atoms with Crippen molar-refractivity contribution >= 4 is 0 Å². The quantitative estimate of drug-likeness (QED) is 0.102. The summed E-state index contributed by atoms with van der Waals surface area (Å²) in [6, 6.07) is 4.74. The third kappa shape index (κ3) is 21.7. The van der Waals surface area contributed by atoms with Gasteiger partial charge in [-0.2, -0.15) is 0 Å². The first kappa shape index (κ1) is 34.2. The van der Waals surface area contributed by atoms with Crippen LogP contribution in [0.5, 0.6) is 0 Å². The molecule has 0 aliphatic heterocycles. The van der Waals surface area contributed by atoms with E-state index >= 15 is 0 Å². The summed E-state index contributed by atoms with van der Waals surface area (Å²) in [5.41, 5.74) is 4.15. The van der Waals surface area contributed by atoms with E-state index in [1.807, 2.05) is 0 Å². The van der Waals surface area contributed by atoms with Gasteiger partial charge in [0.15, 0.2) is 0 Å². The highest BCUT2D eigenvalue weighted by molar-refractivity contribution is 5.22. The predicted molar refractivity (Wildman–Crippen MR) is 167 cm³/mol. The molecule has 0 aromatic carbocycles. The Hall–Kier alpha value is -0.850. The normalized spacial score (nSPS) is 11.4. The second-order valence-electron chi connectivity index (χ2n) is 11.8. The minimum atomic E-state index is 0.986. The Balaban J connectivity index is 2.12. The SMILES string of the molecule is [CH2]CCc1cc(CCCCCCCCCCCCCC)nc(CCCCCCCCCCCCCC)c1. The summed E-state index contributed by atoms with van der Waals surface area (Å²) < 4.78 is 0. The molecule has 37 heavy (non-hydrogen) atoms. The Kier molecular flexibility index (Phi) is 24.7. The highest BCUT2D eigenvalue weighted by Gasteiger charge is 2.04. The van der Waals surface area contributed by atoms with Gasteiger partial charge in [-0.15, -0.1) is 0 Å². The summed E-state index contributed by atoms with van der Waals surface area (Å²) in [4.78, 5) is 5.07. The summed E-state index contributed by atoms with van der Waals surface area (Å²) in [5, 5.41) is 0. The molecule has 0 amide bonds. The van der Waals surface area contributed by atoms with Crippen molar-refractivity contribution in [1.29, 1.82) is 0 Å². The predicted octanol–water partition coefficient (Wildman–Crippen LogP) is 12.3. The zero-order valence-corrected chi connectivity index (χ0v) is 25.6. The molecule has 215 valence electrons. The monoisotopic (exact) mass is 513 g/mol. The maximum atomic E-state index is 5.07. The number of rotatable bonds is 28. The minimum Gasteiger partial charge on any atom is -0.258 e. The molecule has 1 rings (SSSR count). The topological polar surface area (TPSA) is 12.9 Å². The van der Waals surface area contributed by atoms with Gasteiger partial charge in [0.05, 0.1) is 0 Å². The van der Waals surface area contributed by atoms with Crippen molar-refractivity contribution in [3.05, 3.63) is 36.0 Å². The number of unbranched alkanes of at least 4 members (excludes halogenated alkanes) is 22. The van der Waals surface area contributed by atoms with Gasteiger partial charge in [0, 0.05) is 11.4 Å². The fourth-order valence-electron chi connectivity index (χ4n) is 5.62. The maximum absolute atomic E-state index is 5.07. The van der Waals surface area contributed by atoms with Crippen molar-refractivity contribution in [1.82, 2.24) is 4.98 Å². The number of hydrogen-bond donors (Lipinski definition) is 0. The van der Waals surface area contributed by atoms with E-state index in [1.165, 1.54) is 171 Å². The lowest BCUT2D eigenvalue weighted by Gasteiger charge is -2.09. The van der Waals surface area contributed by atoms with Crippen LogP contribution in [0.1, 0.15) is 191 Å². The van der Waals surface area contributed by atoms with E-state index in [-0.39, 0.29) is 0 Å². The van der Waals surface area contributed by atoms with Crippen molar-refractivity contribution in [2.24, 2.45) is 0 Å². The van der Waals surface area contributed by atoms with E-state index in [4.69, 9.17) is 4.98 Å². The number of aromatic nitrogens is 1. The maximum Gasteiger partial charge on any atom is 0.0409 e. The van der Waals surface area contributed by atoms with E-state index in [2.05, 4.69) is 32.9 Å². The van der Waals surface area contributed by atoms with Gasteiger partial charge in [0.25, 0.3) is 0 Å². The largest absolute Gasteiger partial charge is 0.258 e. The second kappa shape index (κ2) is 26.7. The van der Waals surface area contributed by atoms with Crippen molar-refractivity contribution in [3.63, 3.8) is 0 Å². The molecular formula is C36H66N. The number of hydrogen-bond acceptors (Lipinski definition) is 1. The first-order valence-corrected chi connectivity index (χ1v) is 17.1. The summed E-state index contributed by atoms with van der Waals surface area (Å²) in [6.07, 6.45) is 38.3. The van der Waals surface area contributed by atoms with Gasteiger partial charge in [-0.3, -0.25) is 4.98 Å². The van der Waals surface area contributed by atoms with Crippen LogP contribution in [-0.4, -0.2) is 4.98 Å². The van der Waals surface area contributed by atoms with Crippen LogP contribution in [0.4, 0.5) is 0 Å². The number of nitrogens with zero attached hydrogens (tertiary/aromatic N) is 1. The average molecular weight is 513 g/mol. The first-order valence-electron chi connectivity index (χ1n) is 17.1. The lowest BCUT2D eigenvalue weighted by molar-refractivity contribution is 0.542. The molecule has 1 heterocycles. The van der Waals surface area contributed by atoms with Crippen molar-refractivity contribution in [3.8, 4) is 0 Å². The van der Waals surface area contributed by atoms with Crippen LogP contribution >= 0.6 is 0 Å². The molecule has 0 aliphatic rings. The van der Waals surface area contributed by atoms with E-state index < -0.39 is 0 Å². The summed E-state index contributed by atoms with van der Waals surface area (Å²) in [5.74, 6) is 0. The summed E-state index contributed by atoms with van der Waals surface area (Å²) >= 11 is 0. The molecule has 1 aromatic heterocycles. The van der Waals surface area contributed by atoms with E-state index in [1.54, 1.807) is 0 Å². The number of aryl methyl sites for hydroxylation is 3. The van der Waals surface area contributed by atoms with Crippen LogP contribution < -0.4 is 0 Å². The Bertz CT molecular complexity index is 546. The molecule has 1 aromatic rings. The summed E-state index contributed by atoms with van der Waals surface area (Å²) in [7, 11) is 0. The molecule has 0 unspecified atom stereocenters. The van der Waals surface area contributed by atoms with Gasteiger partial charge in [-0.25, -0.2) is 0 Å². The smallest absolute Gasteiger partial charge is 0.0409 e. The molecule has 0 saturated heterocycles. The Morgan fingerprint density at radius 3 is 1.03 bits per heavy atom. The average Bonchev–Trinajstić information content (AvgIpc) is 2.90. The molecule has 1 radical (unpaired) electrons. The molecule has 0 atom stereocenters. The molecule has 0 aliphatic carbocycles. The fraction of sp³-hybridized carbons (Fsp3) is 0.833. The van der Waals surface area contributed by atoms with Crippen molar-refractivity contribution in [2.75, 3.05) is 0 Å². The van der Waals surface area contributed by atoms with Gasteiger partial charge in [-0.05, 0) is 56.2 Å². The Morgan fingerprint density at radius 2 is 0.730 bits per heavy atom. The van der Waals surface area contributed by atoms with Gasteiger partial charge in [0.2, 0.25) is 0 Å². The van der Waals surface area contributed by atoms with Gasteiger partial charge in [-0.1, -0.05) is 162 Å². The van der Waals surface area contributed by atoms with Crippen molar-refractivity contribution in [2.45, 2.75) is 194 Å². The molecule has 1 nitrogen and oxygen atoms in total. The van der Waals surface area contributed by atoms with Crippen LogP contribution in [0.3, 0.4) is 0 Å². The van der Waals surface area contributed by atoms with E-state index in [0.29, 0.717) is 0 Å². The van der Waals surface area contributed by atoms with E-state index in [9.17, 15) is 0 Å². The van der Waals surface area contributed by atoms with Crippen LogP contribution in [0.25, 0.3) is 0 Å². The lowest BCUT2D eigenvalue weighted by atomic mass is 10.0. The molecule has 0 fully saturated rings. The van der Waals surface area contributed by atoms with Gasteiger partial charge < -0.3 is 0 Å². The standard InChI is InChI=1S/C36H66N/c1-4-7-9-11-13-15-17-19-21-23-25-27-30-35-32-34(29-6-3)33-36(37-35)31-28-26-24-22-20-18-16-14-12-10-8-5-2/h32-33H,3-31H2,1-2H3. The summed E-state index contributed by atoms with van der Waals surface area (Å²) in [6.45, 7) is 8.69. The first-order chi connectivity index (χ1) is 18.3. The van der Waals surface area contributed by atoms with Crippen LogP contribution in [0, 0.1) is 6.92 Å². The molecule has 0 N–H and O–H groups in total. The highest BCUT2D eigenvalue weighted by atomic mass is 14.7. The molecule has 0 bridgehead atoms.